The van der Waals surface area contributed by atoms with Crippen LogP contribution in [-0.2, 0) is 4.79 Å². The van der Waals surface area contributed by atoms with E-state index in [1.54, 1.807) is 0 Å². The number of anilines is 1. The number of nitrogens with one attached hydrogen (secondary N) is 2. The quantitative estimate of drug-likeness (QED) is 0.831. The second-order valence-corrected chi connectivity index (χ2v) is 4.77. The van der Waals surface area contributed by atoms with Crippen molar-refractivity contribution in [2.45, 2.75) is 12.8 Å². The molecule has 0 bridgehead atoms. The molecule has 0 aliphatic carbocycles. The number of carbonyl (C=O) groups excluding carboxylic acids is 1. The lowest BCUT2D eigenvalue weighted by molar-refractivity contribution is -0.116. The van der Waals surface area contributed by atoms with Gasteiger partial charge in [-0.05, 0) is 32.1 Å². The van der Waals surface area contributed by atoms with Gasteiger partial charge < -0.3 is 10.6 Å². The number of nitrogens with zero attached hydrogens (tertiary/aromatic N) is 1. The van der Waals surface area contributed by atoms with Crippen molar-refractivity contribution in [1.29, 1.82) is 0 Å². The smallest absolute Gasteiger partial charge is 0.226 e. The highest BCUT2D eigenvalue weighted by atomic mass is 35.5. The van der Waals surface area contributed by atoms with Crippen LogP contribution in [0.25, 0.3) is 10.2 Å². The lowest BCUT2D eigenvalue weighted by Gasteiger charge is -2.00. The van der Waals surface area contributed by atoms with Crippen molar-refractivity contribution in [2.24, 2.45) is 0 Å². The summed E-state index contributed by atoms with van der Waals surface area (Å²) in [6.45, 7) is 0.854. The Kier molecular flexibility index (Phi) is 6.04. The van der Waals surface area contributed by atoms with E-state index in [9.17, 15) is 4.79 Å². The Bertz CT molecular complexity index is 482. The molecule has 0 unspecified atom stereocenters. The average Bonchev–Trinajstić information content (AvgIpc) is 2.71. The summed E-state index contributed by atoms with van der Waals surface area (Å²) in [6.07, 6.45) is 1.37. The third kappa shape index (κ3) is 3.94. The molecular formula is C12H16ClN3OS. The first kappa shape index (κ1) is 14.9. The predicted octanol–water partition coefficient (Wildman–Crippen LogP) is 2.66. The zero-order valence-electron chi connectivity index (χ0n) is 10.1. The van der Waals surface area contributed by atoms with Crippen molar-refractivity contribution in [3.63, 3.8) is 0 Å². The number of hydrogen-bond acceptors (Lipinski definition) is 4. The Morgan fingerprint density at radius 1 is 1.39 bits per heavy atom. The normalized spacial score (nSPS) is 10.1. The first-order valence-corrected chi connectivity index (χ1v) is 6.41. The van der Waals surface area contributed by atoms with Crippen LogP contribution in [0.1, 0.15) is 12.8 Å². The maximum absolute atomic E-state index is 11.6. The minimum Gasteiger partial charge on any atom is -0.320 e. The van der Waals surface area contributed by atoms with Gasteiger partial charge in [0.1, 0.15) is 0 Å². The van der Waals surface area contributed by atoms with Crippen LogP contribution in [0.2, 0.25) is 0 Å². The maximum atomic E-state index is 11.6. The summed E-state index contributed by atoms with van der Waals surface area (Å²) in [4.78, 5) is 15.9. The van der Waals surface area contributed by atoms with Gasteiger partial charge in [0, 0.05) is 6.42 Å². The second-order valence-electron chi connectivity index (χ2n) is 3.74. The number of halogens is 1. The summed E-state index contributed by atoms with van der Waals surface area (Å²) in [7, 11) is 1.88. The van der Waals surface area contributed by atoms with Crippen molar-refractivity contribution < 1.29 is 4.79 Å². The third-order valence-corrected chi connectivity index (χ3v) is 3.32. The molecular weight excluding hydrogens is 270 g/mol. The van der Waals surface area contributed by atoms with Gasteiger partial charge in [-0.2, -0.15) is 0 Å². The van der Waals surface area contributed by atoms with Gasteiger partial charge in [-0.1, -0.05) is 23.5 Å². The van der Waals surface area contributed by atoms with E-state index >= 15 is 0 Å². The van der Waals surface area contributed by atoms with E-state index in [4.69, 9.17) is 0 Å². The molecule has 6 heteroatoms. The topological polar surface area (TPSA) is 54.0 Å². The number of rotatable bonds is 5. The molecule has 0 saturated heterocycles. The SMILES string of the molecule is CNCCCC(=O)Nc1nc2ccccc2s1.Cl. The fourth-order valence-electron chi connectivity index (χ4n) is 1.53. The molecule has 0 atom stereocenters. The Morgan fingerprint density at radius 3 is 2.89 bits per heavy atom. The standard InChI is InChI=1S/C12H15N3OS.ClH/c1-13-8-4-7-11(16)15-12-14-9-5-2-3-6-10(9)17-12;/h2-3,5-6,13H,4,7-8H2,1H3,(H,14,15,16);1H. The average molecular weight is 286 g/mol. The van der Waals surface area contributed by atoms with Crippen LogP contribution in [-0.4, -0.2) is 24.5 Å². The third-order valence-electron chi connectivity index (χ3n) is 2.37. The zero-order chi connectivity index (χ0) is 12.1. The van der Waals surface area contributed by atoms with Crippen LogP contribution in [0, 0.1) is 0 Å². The first-order valence-electron chi connectivity index (χ1n) is 5.59. The number of thiazole rings is 1. The Morgan fingerprint density at radius 2 is 2.17 bits per heavy atom. The molecule has 1 aromatic heterocycles. The van der Waals surface area contributed by atoms with Gasteiger partial charge in [-0.15, -0.1) is 12.4 Å². The number of amides is 1. The van der Waals surface area contributed by atoms with Crippen LogP contribution in [0.5, 0.6) is 0 Å². The van der Waals surface area contributed by atoms with E-state index in [-0.39, 0.29) is 18.3 Å². The summed E-state index contributed by atoms with van der Waals surface area (Å²) in [5.74, 6) is 0.0271. The van der Waals surface area contributed by atoms with E-state index in [2.05, 4.69) is 15.6 Å². The largest absolute Gasteiger partial charge is 0.320 e. The number of carbonyl (C=O) groups is 1. The van der Waals surface area contributed by atoms with Crippen molar-refractivity contribution in [3.8, 4) is 0 Å². The molecule has 1 amide bonds. The van der Waals surface area contributed by atoms with Crippen molar-refractivity contribution in [1.82, 2.24) is 10.3 Å². The fraction of sp³-hybridized carbons (Fsp3) is 0.333. The van der Waals surface area contributed by atoms with Crippen LogP contribution in [0.15, 0.2) is 24.3 Å². The summed E-state index contributed by atoms with van der Waals surface area (Å²) in [6, 6.07) is 7.87. The monoisotopic (exact) mass is 285 g/mol. The molecule has 1 aromatic carbocycles. The van der Waals surface area contributed by atoms with Gasteiger partial charge in [0.2, 0.25) is 5.91 Å². The maximum Gasteiger partial charge on any atom is 0.226 e. The minimum absolute atomic E-state index is 0. The molecule has 2 aromatic rings. The van der Waals surface area contributed by atoms with Crippen LogP contribution in [0.4, 0.5) is 5.13 Å². The molecule has 98 valence electrons. The Hall–Kier alpha value is -1.17. The lowest BCUT2D eigenvalue weighted by Crippen LogP contribution is -2.15. The summed E-state index contributed by atoms with van der Waals surface area (Å²) in [5.41, 5.74) is 0.933. The molecule has 2 rings (SSSR count). The van der Waals surface area contributed by atoms with E-state index in [0.29, 0.717) is 11.6 Å². The molecule has 4 nitrogen and oxygen atoms in total. The minimum atomic E-state index is 0. The molecule has 18 heavy (non-hydrogen) atoms. The number of benzene rings is 1. The number of hydrogen-bond donors (Lipinski definition) is 2. The van der Waals surface area contributed by atoms with E-state index < -0.39 is 0 Å². The van der Waals surface area contributed by atoms with Crippen LogP contribution < -0.4 is 10.6 Å². The van der Waals surface area contributed by atoms with Crippen molar-refractivity contribution in [3.05, 3.63) is 24.3 Å². The molecule has 2 N–H and O–H groups in total. The van der Waals surface area contributed by atoms with E-state index in [0.717, 1.165) is 23.2 Å². The Balaban J connectivity index is 0.00000162. The van der Waals surface area contributed by atoms with Gasteiger partial charge >= 0.3 is 0 Å². The molecule has 1 heterocycles. The summed E-state index contributed by atoms with van der Waals surface area (Å²) in [5, 5.41) is 6.53. The molecule has 0 fully saturated rings. The number of aromatic nitrogens is 1. The van der Waals surface area contributed by atoms with Gasteiger partial charge in [0.15, 0.2) is 5.13 Å². The fourth-order valence-corrected chi connectivity index (χ4v) is 2.42. The van der Waals surface area contributed by atoms with E-state index in [1.807, 2.05) is 31.3 Å². The summed E-state index contributed by atoms with van der Waals surface area (Å²) < 4.78 is 1.10. The number of para-hydroxylation sites is 1. The van der Waals surface area contributed by atoms with Gasteiger partial charge in [0.25, 0.3) is 0 Å². The summed E-state index contributed by atoms with van der Waals surface area (Å²) >= 11 is 1.51. The van der Waals surface area contributed by atoms with Crippen LogP contribution in [0.3, 0.4) is 0 Å². The second kappa shape index (κ2) is 7.31. The van der Waals surface area contributed by atoms with Gasteiger partial charge in [-0.25, -0.2) is 4.98 Å². The van der Waals surface area contributed by atoms with Gasteiger partial charge in [0.05, 0.1) is 10.2 Å². The predicted molar refractivity (Wildman–Crippen MR) is 78.7 cm³/mol. The van der Waals surface area contributed by atoms with Gasteiger partial charge in [-0.3, -0.25) is 4.79 Å². The highest BCUT2D eigenvalue weighted by Gasteiger charge is 2.06. The highest BCUT2D eigenvalue weighted by molar-refractivity contribution is 7.22. The molecule has 0 saturated carbocycles. The lowest BCUT2D eigenvalue weighted by atomic mass is 10.3. The van der Waals surface area contributed by atoms with Crippen molar-refractivity contribution in [2.75, 3.05) is 18.9 Å². The highest BCUT2D eigenvalue weighted by Crippen LogP contribution is 2.25. The number of fused-ring (bicyclic) bond motifs is 1. The van der Waals surface area contributed by atoms with Crippen LogP contribution >= 0.6 is 23.7 Å². The Labute approximate surface area is 116 Å². The molecule has 0 aliphatic rings. The molecule has 0 radical (unpaired) electrons. The first-order chi connectivity index (χ1) is 8.29. The van der Waals surface area contributed by atoms with E-state index in [1.165, 1.54) is 11.3 Å². The molecule has 0 aliphatic heterocycles. The molecule has 0 spiro atoms. The van der Waals surface area contributed by atoms with Crippen molar-refractivity contribution >= 4 is 45.0 Å². The zero-order valence-corrected chi connectivity index (χ0v) is 11.7.